The van der Waals surface area contributed by atoms with Crippen LogP contribution in [0.3, 0.4) is 0 Å². The molecule has 1 fully saturated rings. The summed E-state index contributed by atoms with van der Waals surface area (Å²) in [5, 5.41) is 4.04. The van der Waals surface area contributed by atoms with Crippen LogP contribution >= 0.6 is 0 Å². The number of hydrogen-bond donors (Lipinski definition) is 1. The SMILES string of the molecule is NC1CCCCCC1c1nc(Cc2ccc(F)cc2)no1. The van der Waals surface area contributed by atoms with Gasteiger partial charge in [-0.05, 0) is 30.5 Å². The Labute approximate surface area is 123 Å². The predicted octanol–water partition coefficient (Wildman–Crippen LogP) is 3.17. The molecule has 1 saturated carbocycles. The van der Waals surface area contributed by atoms with Gasteiger partial charge in [-0.1, -0.05) is 36.6 Å². The van der Waals surface area contributed by atoms with E-state index in [4.69, 9.17) is 10.3 Å². The molecular formula is C16H20FN3O. The van der Waals surface area contributed by atoms with Crippen molar-refractivity contribution < 1.29 is 8.91 Å². The molecule has 1 aromatic heterocycles. The van der Waals surface area contributed by atoms with Crippen molar-refractivity contribution in [3.05, 3.63) is 47.4 Å². The van der Waals surface area contributed by atoms with E-state index < -0.39 is 0 Å². The molecule has 0 aliphatic heterocycles. The zero-order valence-electron chi connectivity index (χ0n) is 12.0. The Kier molecular flexibility index (Phi) is 4.29. The molecule has 1 aliphatic rings. The van der Waals surface area contributed by atoms with Gasteiger partial charge in [-0.2, -0.15) is 4.98 Å². The molecule has 2 unspecified atom stereocenters. The first-order chi connectivity index (χ1) is 10.2. The monoisotopic (exact) mass is 289 g/mol. The molecule has 2 N–H and O–H groups in total. The smallest absolute Gasteiger partial charge is 0.231 e. The molecule has 1 heterocycles. The maximum Gasteiger partial charge on any atom is 0.231 e. The molecule has 1 aliphatic carbocycles. The van der Waals surface area contributed by atoms with Crippen LogP contribution in [0.2, 0.25) is 0 Å². The van der Waals surface area contributed by atoms with E-state index >= 15 is 0 Å². The summed E-state index contributed by atoms with van der Waals surface area (Å²) in [7, 11) is 0. The number of nitrogens with zero attached hydrogens (tertiary/aromatic N) is 2. The van der Waals surface area contributed by atoms with Gasteiger partial charge in [0.2, 0.25) is 5.89 Å². The van der Waals surface area contributed by atoms with Gasteiger partial charge in [-0.25, -0.2) is 4.39 Å². The minimum atomic E-state index is -0.239. The predicted molar refractivity (Wildman–Crippen MR) is 77.3 cm³/mol. The number of rotatable bonds is 3. The van der Waals surface area contributed by atoms with Crippen LogP contribution in [-0.2, 0) is 6.42 Å². The van der Waals surface area contributed by atoms with E-state index in [0.29, 0.717) is 18.1 Å². The Morgan fingerprint density at radius 2 is 1.90 bits per heavy atom. The fraction of sp³-hybridized carbons (Fsp3) is 0.500. The highest BCUT2D eigenvalue weighted by atomic mass is 19.1. The minimum Gasteiger partial charge on any atom is -0.339 e. The van der Waals surface area contributed by atoms with Crippen LogP contribution in [0, 0.1) is 5.82 Å². The lowest BCUT2D eigenvalue weighted by Crippen LogP contribution is -2.27. The van der Waals surface area contributed by atoms with Crippen LogP contribution in [0.5, 0.6) is 0 Å². The summed E-state index contributed by atoms with van der Waals surface area (Å²) < 4.78 is 18.3. The average Bonchev–Trinajstić information content (AvgIpc) is 2.82. The zero-order chi connectivity index (χ0) is 14.7. The summed E-state index contributed by atoms with van der Waals surface area (Å²) >= 11 is 0. The van der Waals surface area contributed by atoms with Crippen molar-refractivity contribution in [2.45, 2.75) is 50.5 Å². The minimum absolute atomic E-state index is 0.103. The van der Waals surface area contributed by atoms with E-state index in [-0.39, 0.29) is 17.8 Å². The molecule has 21 heavy (non-hydrogen) atoms. The first-order valence-electron chi connectivity index (χ1n) is 7.55. The third kappa shape index (κ3) is 3.47. The molecule has 1 aromatic carbocycles. The van der Waals surface area contributed by atoms with Crippen molar-refractivity contribution in [1.82, 2.24) is 10.1 Å². The summed E-state index contributed by atoms with van der Waals surface area (Å²) in [5.41, 5.74) is 7.19. The lowest BCUT2D eigenvalue weighted by atomic mass is 9.95. The second-order valence-electron chi connectivity index (χ2n) is 5.76. The first-order valence-corrected chi connectivity index (χ1v) is 7.55. The number of halogens is 1. The van der Waals surface area contributed by atoms with Gasteiger partial charge in [-0.15, -0.1) is 0 Å². The molecule has 4 nitrogen and oxygen atoms in total. The lowest BCUT2D eigenvalue weighted by molar-refractivity contribution is 0.323. The molecule has 0 saturated heterocycles. The molecule has 3 rings (SSSR count). The maximum atomic E-state index is 12.9. The van der Waals surface area contributed by atoms with E-state index in [0.717, 1.165) is 24.8 Å². The van der Waals surface area contributed by atoms with E-state index in [2.05, 4.69) is 10.1 Å². The second kappa shape index (κ2) is 6.35. The fourth-order valence-electron chi connectivity index (χ4n) is 2.92. The third-order valence-electron chi connectivity index (χ3n) is 4.15. The van der Waals surface area contributed by atoms with E-state index in [9.17, 15) is 4.39 Å². The molecule has 0 spiro atoms. The van der Waals surface area contributed by atoms with Crippen LogP contribution in [0.15, 0.2) is 28.8 Å². The molecule has 0 amide bonds. The summed E-state index contributed by atoms with van der Waals surface area (Å²) in [5.74, 6) is 1.22. The maximum absolute atomic E-state index is 12.9. The van der Waals surface area contributed by atoms with Crippen molar-refractivity contribution in [3.63, 3.8) is 0 Å². The van der Waals surface area contributed by atoms with Gasteiger partial charge in [0.1, 0.15) is 5.82 Å². The molecule has 2 aromatic rings. The standard InChI is InChI=1S/C16H20FN3O/c17-12-8-6-11(7-9-12)10-15-19-16(21-20-15)13-4-2-1-3-5-14(13)18/h6-9,13-14H,1-5,10,18H2. The lowest BCUT2D eigenvalue weighted by Gasteiger charge is -2.16. The van der Waals surface area contributed by atoms with E-state index in [1.807, 2.05) is 0 Å². The summed E-state index contributed by atoms with van der Waals surface area (Å²) in [6, 6.07) is 6.47. The number of hydrogen-bond acceptors (Lipinski definition) is 4. The van der Waals surface area contributed by atoms with Crippen LogP contribution < -0.4 is 5.73 Å². The third-order valence-corrected chi connectivity index (χ3v) is 4.15. The van der Waals surface area contributed by atoms with Gasteiger partial charge in [-0.3, -0.25) is 0 Å². The van der Waals surface area contributed by atoms with Crippen LogP contribution in [0.25, 0.3) is 0 Å². The second-order valence-corrected chi connectivity index (χ2v) is 5.76. The molecule has 5 heteroatoms. The van der Waals surface area contributed by atoms with Gasteiger partial charge in [0.05, 0.1) is 5.92 Å². The van der Waals surface area contributed by atoms with E-state index in [1.54, 1.807) is 12.1 Å². The number of benzene rings is 1. The highest BCUT2D eigenvalue weighted by Gasteiger charge is 2.27. The van der Waals surface area contributed by atoms with Crippen molar-refractivity contribution in [2.75, 3.05) is 0 Å². The van der Waals surface area contributed by atoms with Crippen LogP contribution in [0.1, 0.15) is 55.3 Å². The Morgan fingerprint density at radius 1 is 1.14 bits per heavy atom. The Hall–Kier alpha value is -1.75. The fourth-order valence-corrected chi connectivity index (χ4v) is 2.92. The molecular weight excluding hydrogens is 269 g/mol. The Balaban J connectivity index is 1.71. The molecule has 0 radical (unpaired) electrons. The normalized spacial score (nSPS) is 23.0. The van der Waals surface area contributed by atoms with Crippen molar-refractivity contribution in [2.24, 2.45) is 5.73 Å². The highest BCUT2D eigenvalue weighted by molar-refractivity contribution is 5.19. The van der Waals surface area contributed by atoms with Crippen molar-refractivity contribution in [3.8, 4) is 0 Å². The molecule has 112 valence electrons. The summed E-state index contributed by atoms with van der Waals surface area (Å²) in [4.78, 5) is 4.49. The van der Waals surface area contributed by atoms with E-state index in [1.165, 1.54) is 25.0 Å². The van der Waals surface area contributed by atoms with Gasteiger partial charge < -0.3 is 10.3 Å². The average molecular weight is 289 g/mol. The summed E-state index contributed by atoms with van der Waals surface area (Å²) in [6.45, 7) is 0. The number of nitrogens with two attached hydrogens (primary N) is 1. The first kappa shape index (κ1) is 14.2. The zero-order valence-corrected chi connectivity index (χ0v) is 12.0. The molecule has 0 bridgehead atoms. The number of aromatic nitrogens is 2. The van der Waals surface area contributed by atoms with Crippen molar-refractivity contribution >= 4 is 0 Å². The molecule has 2 atom stereocenters. The topological polar surface area (TPSA) is 64.9 Å². The summed E-state index contributed by atoms with van der Waals surface area (Å²) in [6.07, 6.45) is 6.13. The largest absolute Gasteiger partial charge is 0.339 e. The van der Waals surface area contributed by atoms with Gasteiger partial charge >= 0.3 is 0 Å². The Morgan fingerprint density at radius 3 is 2.71 bits per heavy atom. The van der Waals surface area contributed by atoms with Gasteiger partial charge in [0.15, 0.2) is 5.82 Å². The van der Waals surface area contributed by atoms with Gasteiger partial charge in [0, 0.05) is 12.5 Å². The van der Waals surface area contributed by atoms with Crippen molar-refractivity contribution in [1.29, 1.82) is 0 Å². The highest BCUT2D eigenvalue weighted by Crippen LogP contribution is 2.30. The van der Waals surface area contributed by atoms with Gasteiger partial charge in [0.25, 0.3) is 0 Å². The quantitative estimate of drug-likeness (QED) is 0.881. The Bertz CT molecular complexity index is 581. The van der Waals surface area contributed by atoms with Crippen LogP contribution in [-0.4, -0.2) is 16.2 Å². The van der Waals surface area contributed by atoms with Crippen LogP contribution in [0.4, 0.5) is 4.39 Å².